The van der Waals surface area contributed by atoms with Crippen molar-refractivity contribution in [3.63, 3.8) is 0 Å². The van der Waals surface area contributed by atoms with Crippen LogP contribution in [0, 0.1) is 28.6 Å². The summed E-state index contributed by atoms with van der Waals surface area (Å²) in [6.07, 6.45) is 0. The van der Waals surface area contributed by atoms with Crippen LogP contribution >= 0.6 is 15.9 Å². The lowest BCUT2D eigenvalue weighted by Gasteiger charge is -1.99. The Morgan fingerprint density at radius 3 is 2.14 bits per heavy atom. The van der Waals surface area contributed by atoms with Crippen molar-refractivity contribution in [3.05, 3.63) is 34.3 Å². The number of Topliss-reactive ketones (excluding diaryl/α,β-unsaturated/α-hetero) is 1. The number of carbonyl (C=O) groups excluding carboxylic acids is 1. The third kappa shape index (κ3) is 2.18. The first-order valence-electron chi connectivity index (χ1n) is 3.78. The summed E-state index contributed by atoms with van der Waals surface area (Å²) in [5.74, 6) is -1.67. The van der Waals surface area contributed by atoms with Crippen LogP contribution in [0.3, 0.4) is 0 Å². The van der Waals surface area contributed by atoms with Gasteiger partial charge in [0.25, 0.3) is 0 Å². The standard InChI is InChI=1S/C10H5BrN2O/c11-9-3-1-7(2-4-9)10(14)8(5-12)6-13/h1-4,8H. The van der Waals surface area contributed by atoms with Gasteiger partial charge in [0.05, 0.1) is 12.1 Å². The number of carbonyl (C=O) groups is 1. The molecule has 4 heteroatoms. The number of ketones is 1. The van der Waals surface area contributed by atoms with E-state index in [-0.39, 0.29) is 0 Å². The second kappa shape index (κ2) is 4.55. The molecule has 0 unspecified atom stereocenters. The molecule has 68 valence electrons. The Morgan fingerprint density at radius 1 is 1.21 bits per heavy atom. The highest BCUT2D eigenvalue weighted by molar-refractivity contribution is 9.10. The maximum absolute atomic E-state index is 11.5. The predicted molar refractivity (Wildman–Crippen MR) is 53.2 cm³/mol. The van der Waals surface area contributed by atoms with Crippen molar-refractivity contribution in [1.82, 2.24) is 0 Å². The minimum Gasteiger partial charge on any atom is -0.291 e. The maximum Gasteiger partial charge on any atom is 0.195 e. The topological polar surface area (TPSA) is 64.7 Å². The van der Waals surface area contributed by atoms with Gasteiger partial charge in [-0.05, 0) is 12.1 Å². The van der Waals surface area contributed by atoms with E-state index in [1.54, 1.807) is 36.4 Å². The van der Waals surface area contributed by atoms with Gasteiger partial charge in [0.2, 0.25) is 0 Å². The summed E-state index contributed by atoms with van der Waals surface area (Å²) in [6, 6.07) is 9.83. The van der Waals surface area contributed by atoms with E-state index in [9.17, 15) is 4.79 Å². The molecule has 0 bridgehead atoms. The fraction of sp³-hybridized carbons (Fsp3) is 0.100. The molecule has 0 amide bonds. The molecule has 0 atom stereocenters. The molecule has 0 aliphatic carbocycles. The normalized spacial score (nSPS) is 9.14. The summed E-state index contributed by atoms with van der Waals surface area (Å²) in [4.78, 5) is 11.5. The quantitative estimate of drug-likeness (QED) is 0.755. The van der Waals surface area contributed by atoms with Crippen LogP contribution in [0.25, 0.3) is 0 Å². The van der Waals surface area contributed by atoms with Gasteiger partial charge in [0.1, 0.15) is 0 Å². The SMILES string of the molecule is N#CC(C#N)C(=O)c1ccc(Br)cc1. The fourth-order valence-electron chi connectivity index (χ4n) is 0.927. The number of nitrogens with zero attached hydrogens (tertiary/aromatic N) is 2. The second-order valence-corrected chi connectivity index (χ2v) is 3.48. The van der Waals surface area contributed by atoms with Crippen molar-refractivity contribution < 1.29 is 4.79 Å². The first-order valence-corrected chi connectivity index (χ1v) is 4.57. The molecule has 0 saturated carbocycles. The van der Waals surface area contributed by atoms with Crippen LogP contribution in [-0.2, 0) is 0 Å². The minimum absolute atomic E-state index is 0.376. The average Bonchev–Trinajstić information content (AvgIpc) is 2.20. The Morgan fingerprint density at radius 2 is 1.71 bits per heavy atom. The van der Waals surface area contributed by atoms with Crippen LogP contribution in [-0.4, -0.2) is 5.78 Å². The van der Waals surface area contributed by atoms with Crippen LogP contribution in [0.2, 0.25) is 0 Å². The Bertz CT molecular complexity index is 411. The molecule has 3 nitrogen and oxygen atoms in total. The summed E-state index contributed by atoms with van der Waals surface area (Å²) >= 11 is 3.22. The van der Waals surface area contributed by atoms with Crippen molar-refractivity contribution in [2.24, 2.45) is 5.92 Å². The fourth-order valence-corrected chi connectivity index (χ4v) is 1.19. The molecule has 0 aliphatic rings. The van der Waals surface area contributed by atoms with Crippen LogP contribution in [0.4, 0.5) is 0 Å². The third-order valence-electron chi connectivity index (χ3n) is 1.65. The van der Waals surface area contributed by atoms with Gasteiger partial charge in [0, 0.05) is 10.0 Å². The number of nitriles is 2. The number of halogens is 1. The summed E-state index contributed by atoms with van der Waals surface area (Å²) < 4.78 is 0.847. The Balaban J connectivity index is 2.97. The predicted octanol–water partition coefficient (Wildman–Crippen LogP) is 2.30. The first-order chi connectivity index (χ1) is 6.69. The highest BCUT2D eigenvalue weighted by Crippen LogP contribution is 2.13. The minimum atomic E-state index is -1.21. The summed E-state index contributed by atoms with van der Waals surface area (Å²) in [7, 11) is 0. The van der Waals surface area contributed by atoms with E-state index in [0.29, 0.717) is 5.56 Å². The largest absolute Gasteiger partial charge is 0.291 e. The summed E-state index contributed by atoms with van der Waals surface area (Å²) in [6.45, 7) is 0. The molecule has 0 aliphatic heterocycles. The molecular weight excluding hydrogens is 244 g/mol. The lowest BCUT2D eigenvalue weighted by atomic mass is 10.0. The van der Waals surface area contributed by atoms with E-state index in [1.165, 1.54) is 0 Å². The van der Waals surface area contributed by atoms with E-state index in [2.05, 4.69) is 15.9 Å². The molecule has 0 N–H and O–H groups in total. The highest BCUT2D eigenvalue weighted by Gasteiger charge is 2.18. The average molecular weight is 249 g/mol. The monoisotopic (exact) mass is 248 g/mol. The Labute approximate surface area is 89.7 Å². The van der Waals surface area contributed by atoms with Gasteiger partial charge in [0.15, 0.2) is 11.7 Å². The maximum atomic E-state index is 11.5. The molecule has 1 rings (SSSR count). The van der Waals surface area contributed by atoms with E-state index in [4.69, 9.17) is 10.5 Å². The van der Waals surface area contributed by atoms with Crippen molar-refractivity contribution in [2.75, 3.05) is 0 Å². The molecule has 14 heavy (non-hydrogen) atoms. The molecule has 0 heterocycles. The molecule has 0 fully saturated rings. The van der Waals surface area contributed by atoms with Crippen molar-refractivity contribution in [2.45, 2.75) is 0 Å². The molecule has 0 radical (unpaired) electrons. The van der Waals surface area contributed by atoms with Gasteiger partial charge >= 0.3 is 0 Å². The van der Waals surface area contributed by atoms with Crippen molar-refractivity contribution >= 4 is 21.7 Å². The van der Waals surface area contributed by atoms with Gasteiger partial charge in [-0.2, -0.15) is 10.5 Å². The zero-order valence-corrected chi connectivity index (χ0v) is 8.65. The summed E-state index contributed by atoms with van der Waals surface area (Å²) in [5.41, 5.74) is 0.376. The lowest BCUT2D eigenvalue weighted by molar-refractivity contribution is 0.0971. The van der Waals surface area contributed by atoms with Crippen LogP contribution < -0.4 is 0 Å². The van der Waals surface area contributed by atoms with E-state index < -0.39 is 11.7 Å². The molecule has 1 aromatic carbocycles. The van der Waals surface area contributed by atoms with E-state index >= 15 is 0 Å². The number of benzene rings is 1. The van der Waals surface area contributed by atoms with Gasteiger partial charge in [-0.1, -0.05) is 28.1 Å². The Hall–Kier alpha value is -1.65. The van der Waals surface area contributed by atoms with Crippen molar-refractivity contribution in [3.8, 4) is 12.1 Å². The summed E-state index contributed by atoms with van der Waals surface area (Å²) in [5, 5.41) is 17.0. The second-order valence-electron chi connectivity index (χ2n) is 2.56. The first kappa shape index (κ1) is 10.4. The lowest BCUT2D eigenvalue weighted by Crippen LogP contribution is -2.10. The van der Waals surface area contributed by atoms with Crippen LogP contribution in [0.5, 0.6) is 0 Å². The highest BCUT2D eigenvalue weighted by atomic mass is 79.9. The molecule has 0 saturated heterocycles. The molecular formula is C10H5BrN2O. The number of hydrogen-bond donors (Lipinski definition) is 0. The van der Waals surface area contributed by atoms with E-state index in [0.717, 1.165) is 4.47 Å². The molecule has 1 aromatic rings. The molecule has 0 spiro atoms. The van der Waals surface area contributed by atoms with Gasteiger partial charge in [-0.25, -0.2) is 0 Å². The third-order valence-corrected chi connectivity index (χ3v) is 2.18. The zero-order chi connectivity index (χ0) is 10.6. The Kier molecular flexibility index (Phi) is 3.39. The van der Waals surface area contributed by atoms with Crippen LogP contribution in [0.1, 0.15) is 10.4 Å². The number of hydrogen-bond acceptors (Lipinski definition) is 3. The van der Waals surface area contributed by atoms with Crippen LogP contribution in [0.15, 0.2) is 28.7 Å². The van der Waals surface area contributed by atoms with Gasteiger partial charge < -0.3 is 0 Å². The van der Waals surface area contributed by atoms with Crippen molar-refractivity contribution in [1.29, 1.82) is 10.5 Å². The van der Waals surface area contributed by atoms with Gasteiger partial charge in [-0.3, -0.25) is 4.79 Å². The number of rotatable bonds is 2. The van der Waals surface area contributed by atoms with Gasteiger partial charge in [-0.15, -0.1) is 0 Å². The van der Waals surface area contributed by atoms with E-state index in [1.807, 2.05) is 0 Å². The molecule has 0 aromatic heterocycles. The zero-order valence-electron chi connectivity index (χ0n) is 7.07. The smallest absolute Gasteiger partial charge is 0.195 e.